The highest BCUT2D eigenvalue weighted by Gasteiger charge is 2.21. The van der Waals surface area contributed by atoms with E-state index in [2.05, 4.69) is 17.5 Å². The molecule has 1 N–H and O–H groups in total. The maximum Gasteiger partial charge on any atom is 0.124 e. The third kappa shape index (κ3) is 2.43. The standard InChI is InChI=1S/C16H13ClN2O/c17-13-9-11(10-18)5-6-15(13)19-14-7-8-20-16-4-2-1-3-12(14)16/h1-6,9,14,19H,7-8H2. The molecule has 100 valence electrons. The number of ether oxygens (including phenoxy) is 1. The van der Waals surface area contributed by atoms with E-state index in [1.807, 2.05) is 24.3 Å². The molecule has 0 fully saturated rings. The number of nitrogens with zero attached hydrogens (tertiary/aromatic N) is 1. The zero-order valence-corrected chi connectivity index (χ0v) is 11.5. The Bertz CT molecular complexity index is 678. The Morgan fingerprint density at radius 1 is 1.25 bits per heavy atom. The Balaban J connectivity index is 1.88. The van der Waals surface area contributed by atoms with Crippen LogP contribution in [0.4, 0.5) is 5.69 Å². The van der Waals surface area contributed by atoms with Crippen molar-refractivity contribution in [3.63, 3.8) is 0 Å². The molecule has 1 heterocycles. The van der Waals surface area contributed by atoms with E-state index in [0.29, 0.717) is 17.2 Å². The number of nitriles is 1. The first-order valence-corrected chi connectivity index (χ1v) is 6.83. The summed E-state index contributed by atoms with van der Waals surface area (Å²) in [4.78, 5) is 0. The van der Waals surface area contributed by atoms with Crippen LogP contribution in [-0.2, 0) is 0 Å². The maximum atomic E-state index is 8.86. The molecule has 0 aromatic heterocycles. The van der Waals surface area contributed by atoms with Crippen LogP contribution in [0.1, 0.15) is 23.6 Å². The van der Waals surface area contributed by atoms with Crippen molar-refractivity contribution in [2.24, 2.45) is 0 Å². The molecule has 20 heavy (non-hydrogen) atoms. The average molecular weight is 285 g/mol. The maximum absolute atomic E-state index is 8.86. The van der Waals surface area contributed by atoms with Gasteiger partial charge in [-0.1, -0.05) is 29.8 Å². The summed E-state index contributed by atoms with van der Waals surface area (Å²) in [6.45, 7) is 0.683. The highest BCUT2D eigenvalue weighted by Crippen LogP contribution is 2.35. The first-order valence-electron chi connectivity index (χ1n) is 6.46. The zero-order chi connectivity index (χ0) is 13.9. The Morgan fingerprint density at radius 3 is 2.90 bits per heavy atom. The first-order chi connectivity index (χ1) is 9.78. The summed E-state index contributed by atoms with van der Waals surface area (Å²) < 4.78 is 5.64. The number of halogens is 1. The van der Waals surface area contributed by atoms with Crippen molar-refractivity contribution in [2.45, 2.75) is 12.5 Å². The fourth-order valence-corrected chi connectivity index (χ4v) is 2.62. The number of fused-ring (bicyclic) bond motifs is 1. The number of nitrogens with one attached hydrogen (secondary N) is 1. The summed E-state index contributed by atoms with van der Waals surface area (Å²) in [7, 11) is 0. The van der Waals surface area contributed by atoms with Gasteiger partial charge in [0.1, 0.15) is 5.75 Å². The molecule has 2 aromatic rings. The molecular formula is C16H13ClN2O. The van der Waals surface area contributed by atoms with Crippen LogP contribution in [0.15, 0.2) is 42.5 Å². The van der Waals surface area contributed by atoms with Crippen LogP contribution in [0.2, 0.25) is 5.02 Å². The third-order valence-corrected chi connectivity index (χ3v) is 3.70. The number of para-hydroxylation sites is 1. The summed E-state index contributed by atoms with van der Waals surface area (Å²) in [6.07, 6.45) is 0.882. The van der Waals surface area contributed by atoms with Crippen molar-refractivity contribution in [2.75, 3.05) is 11.9 Å². The van der Waals surface area contributed by atoms with Crippen LogP contribution in [0.5, 0.6) is 5.75 Å². The Kier molecular flexibility index (Phi) is 3.49. The van der Waals surface area contributed by atoms with E-state index >= 15 is 0 Å². The summed E-state index contributed by atoms with van der Waals surface area (Å²) in [5.41, 5.74) is 2.54. The van der Waals surface area contributed by atoms with Gasteiger partial charge in [-0.25, -0.2) is 0 Å². The molecule has 2 aromatic carbocycles. The Hall–Kier alpha value is -2.18. The quantitative estimate of drug-likeness (QED) is 0.901. The normalized spacial score (nSPS) is 16.7. The minimum atomic E-state index is 0.172. The molecule has 3 rings (SSSR count). The van der Waals surface area contributed by atoms with E-state index < -0.39 is 0 Å². The minimum absolute atomic E-state index is 0.172. The fourth-order valence-electron chi connectivity index (χ4n) is 2.38. The Morgan fingerprint density at radius 2 is 2.10 bits per heavy atom. The zero-order valence-electron chi connectivity index (χ0n) is 10.8. The second-order valence-corrected chi connectivity index (χ2v) is 5.09. The van der Waals surface area contributed by atoms with E-state index in [9.17, 15) is 0 Å². The van der Waals surface area contributed by atoms with E-state index in [4.69, 9.17) is 21.6 Å². The van der Waals surface area contributed by atoms with Crippen LogP contribution in [0, 0.1) is 11.3 Å². The van der Waals surface area contributed by atoms with Gasteiger partial charge < -0.3 is 10.1 Å². The molecule has 0 spiro atoms. The van der Waals surface area contributed by atoms with Crippen LogP contribution < -0.4 is 10.1 Å². The predicted octanol–water partition coefficient (Wildman–Crippen LogP) is 4.15. The molecule has 0 saturated heterocycles. The predicted molar refractivity (Wildman–Crippen MR) is 79.1 cm³/mol. The van der Waals surface area contributed by atoms with E-state index in [0.717, 1.165) is 23.4 Å². The minimum Gasteiger partial charge on any atom is -0.493 e. The molecule has 0 aliphatic carbocycles. The third-order valence-electron chi connectivity index (χ3n) is 3.39. The molecule has 3 nitrogen and oxygen atoms in total. The van der Waals surface area contributed by atoms with Gasteiger partial charge in [0, 0.05) is 12.0 Å². The lowest BCUT2D eigenvalue weighted by atomic mass is 10.00. The van der Waals surface area contributed by atoms with Crippen LogP contribution in [0.25, 0.3) is 0 Å². The van der Waals surface area contributed by atoms with E-state index in [-0.39, 0.29) is 6.04 Å². The molecule has 4 heteroatoms. The smallest absolute Gasteiger partial charge is 0.124 e. The first kappa shape index (κ1) is 12.8. The SMILES string of the molecule is N#Cc1ccc(NC2CCOc3ccccc32)c(Cl)c1. The van der Waals surface area contributed by atoms with Crippen LogP contribution in [-0.4, -0.2) is 6.61 Å². The molecule has 0 bridgehead atoms. The lowest BCUT2D eigenvalue weighted by Crippen LogP contribution is -2.20. The van der Waals surface area contributed by atoms with Crippen LogP contribution in [0.3, 0.4) is 0 Å². The lowest BCUT2D eigenvalue weighted by Gasteiger charge is -2.27. The van der Waals surface area contributed by atoms with Crippen molar-refractivity contribution >= 4 is 17.3 Å². The largest absolute Gasteiger partial charge is 0.493 e. The van der Waals surface area contributed by atoms with Crippen molar-refractivity contribution in [3.05, 3.63) is 58.6 Å². The molecule has 1 aliphatic heterocycles. The van der Waals surface area contributed by atoms with Crippen molar-refractivity contribution in [1.82, 2.24) is 0 Å². The monoisotopic (exact) mass is 284 g/mol. The average Bonchev–Trinajstić information content (AvgIpc) is 2.49. The van der Waals surface area contributed by atoms with Crippen LogP contribution >= 0.6 is 11.6 Å². The number of hydrogen-bond acceptors (Lipinski definition) is 3. The highest BCUT2D eigenvalue weighted by atomic mass is 35.5. The molecular weight excluding hydrogens is 272 g/mol. The second kappa shape index (κ2) is 5.44. The molecule has 1 unspecified atom stereocenters. The highest BCUT2D eigenvalue weighted by molar-refractivity contribution is 6.33. The van der Waals surface area contributed by atoms with Gasteiger partial charge in [0.2, 0.25) is 0 Å². The Labute approximate surface area is 122 Å². The molecule has 1 atom stereocenters. The van der Waals surface area contributed by atoms with Gasteiger partial charge in [0.15, 0.2) is 0 Å². The summed E-state index contributed by atoms with van der Waals surface area (Å²) >= 11 is 6.21. The van der Waals surface area contributed by atoms with Crippen molar-refractivity contribution in [1.29, 1.82) is 5.26 Å². The number of benzene rings is 2. The topological polar surface area (TPSA) is 45.0 Å². The number of anilines is 1. The number of rotatable bonds is 2. The van der Waals surface area contributed by atoms with Gasteiger partial charge in [0.25, 0.3) is 0 Å². The summed E-state index contributed by atoms with van der Waals surface area (Å²) in [5, 5.41) is 12.9. The summed E-state index contributed by atoms with van der Waals surface area (Å²) in [5.74, 6) is 0.918. The summed E-state index contributed by atoms with van der Waals surface area (Å²) in [6, 6.07) is 15.5. The lowest BCUT2D eigenvalue weighted by molar-refractivity contribution is 0.274. The second-order valence-electron chi connectivity index (χ2n) is 4.68. The van der Waals surface area contributed by atoms with Gasteiger partial charge in [-0.3, -0.25) is 0 Å². The molecule has 0 saturated carbocycles. The van der Waals surface area contributed by atoms with Gasteiger partial charge in [-0.2, -0.15) is 5.26 Å². The fraction of sp³-hybridized carbons (Fsp3) is 0.188. The van der Waals surface area contributed by atoms with Gasteiger partial charge in [0.05, 0.1) is 35.0 Å². The van der Waals surface area contributed by atoms with Crippen molar-refractivity contribution in [3.8, 4) is 11.8 Å². The molecule has 1 aliphatic rings. The van der Waals surface area contributed by atoms with E-state index in [1.54, 1.807) is 12.1 Å². The van der Waals surface area contributed by atoms with Gasteiger partial charge in [-0.15, -0.1) is 0 Å². The van der Waals surface area contributed by atoms with Gasteiger partial charge >= 0.3 is 0 Å². The molecule has 0 radical (unpaired) electrons. The van der Waals surface area contributed by atoms with Crippen molar-refractivity contribution < 1.29 is 4.74 Å². The number of hydrogen-bond donors (Lipinski definition) is 1. The van der Waals surface area contributed by atoms with E-state index in [1.165, 1.54) is 0 Å². The molecule has 0 amide bonds. The van der Waals surface area contributed by atoms with Gasteiger partial charge in [-0.05, 0) is 24.3 Å².